The highest BCUT2D eigenvalue weighted by molar-refractivity contribution is 6.30. The highest BCUT2D eigenvalue weighted by Crippen LogP contribution is 2.09. The molecule has 2 N–H and O–H groups in total. The Bertz CT molecular complexity index is 395. The molecule has 20 heavy (non-hydrogen) atoms. The minimum atomic E-state index is -0.190. The predicted octanol–water partition coefficient (Wildman–Crippen LogP) is 2.01. The Morgan fingerprint density at radius 2 is 2.00 bits per heavy atom. The van der Waals surface area contributed by atoms with E-state index in [1.54, 1.807) is 7.11 Å². The van der Waals surface area contributed by atoms with Crippen LogP contribution in [0.25, 0.3) is 0 Å². The van der Waals surface area contributed by atoms with Crippen molar-refractivity contribution in [3.05, 3.63) is 34.9 Å². The van der Waals surface area contributed by atoms with Gasteiger partial charge in [-0.2, -0.15) is 0 Å². The van der Waals surface area contributed by atoms with Crippen LogP contribution >= 0.6 is 11.6 Å². The molecule has 1 unspecified atom stereocenters. The third kappa shape index (κ3) is 6.89. The van der Waals surface area contributed by atoms with Crippen LogP contribution in [-0.4, -0.2) is 38.8 Å². The maximum absolute atomic E-state index is 11.8. The maximum Gasteiger partial charge on any atom is 0.236 e. The van der Waals surface area contributed by atoms with E-state index in [-0.39, 0.29) is 11.9 Å². The molecule has 1 amide bonds. The maximum atomic E-state index is 11.8. The normalized spacial score (nSPS) is 12.2. The first kappa shape index (κ1) is 17.0. The van der Waals surface area contributed by atoms with Crippen LogP contribution in [0.1, 0.15) is 18.9 Å². The second kappa shape index (κ2) is 9.75. The van der Waals surface area contributed by atoms with Crippen LogP contribution in [0.5, 0.6) is 0 Å². The lowest BCUT2D eigenvalue weighted by molar-refractivity contribution is -0.122. The summed E-state index contributed by atoms with van der Waals surface area (Å²) in [5.74, 6) is 0.0252. The smallest absolute Gasteiger partial charge is 0.236 e. The van der Waals surface area contributed by atoms with Gasteiger partial charge in [0.2, 0.25) is 5.91 Å². The molecule has 0 radical (unpaired) electrons. The Morgan fingerprint density at radius 1 is 1.30 bits per heavy atom. The first-order chi connectivity index (χ1) is 9.63. The van der Waals surface area contributed by atoms with Crippen LogP contribution < -0.4 is 10.6 Å². The molecule has 1 rings (SSSR count). The average molecular weight is 299 g/mol. The number of hydrogen-bond acceptors (Lipinski definition) is 3. The van der Waals surface area contributed by atoms with E-state index >= 15 is 0 Å². The number of carbonyl (C=O) groups is 1. The zero-order chi connectivity index (χ0) is 14.8. The zero-order valence-corrected chi connectivity index (χ0v) is 12.9. The van der Waals surface area contributed by atoms with Crippen molar-refractivity contribution in [2.24, 2.45) is 0 Å². The summed E-state index contributed by atoms with van der Waals surface area (Å²) >= 11 is 5.83. The summed E-state index contributed by atoms with van der Waals surface area (Å²) in [5.41, 5.74) is 1.20. The van der Waals surface area contributed by atoms with Gasteiger partial charge in [0.05, 0.1) is 6.04 Å². The molecule has 0 spiro atoms. The van der Waals surface area contributed by atoms with E-state index < -0.39 is 0 Å². The lowest BCUT2D eigenvalue weighted by atomic mass is 10.1. The molecule has 0 saturated heterocycles. The van der Waals surface area contributed by atoms with Crippen LogP contribution in [0.3, 0.4) is 0 Å². The largest absolute Gasteiger partial charge is 0.385 e. The minimum Gasteiger partial charge on any atom is -0.385 e. The summed E-state index contributed by atoms with van der Waals surface area (Å²) < 4.78 is 4.93. The number of halogens is 1. The Hall–Kier alpha value is -1.10. The fourth-order valence-electron chi connectivity index (χ4n) is 1.76. The van der Waals surface area contributed by atoms with Crippen LogP contribution in [0, 0.1) is 0 Å². The predicted molar refractivity (Wildman–Crippen MR) is 82.1 cm³/mol. The van der Waals surface area contributed by atoms with Gasteiger partial charge >= 0.3 is 0 Å². The molecule has 1 aromatic rings. The molecule has 0 heterocycles. The van der Waals surface area contributed by atoms with Crippen molar-refractivity contribution in [3.63, 3.8) is 0 Å². The van der Waals surface area contributed by atoms with Gasteiger partial charge in [-0.1, -0.05) is 23.7 Å². The highest BCUT2D eigenvalue weighted by atomic mass is 35.5. The van der Waals surface area contributed by atoms with Crippen molar-refractivity contribution in [1.29, 1.82) is 0 Å². The third-order valence-corrected chi connectivity index (χ3v) is 3.25. The second-order valence-electron chi connectivity index (χ2n) is 4.69. The Morgan fingerprint density at radius 3 is 2.65 bits per heavy atom. The van der Waals surface area contributed by atoms with Crippen molar-refractivity contribution in [1.82, 2.24) is 10.6 Å². The van der Waals surface area contributed by atoms with Crippen molar-refractivity contribution in [3.8, 4) is 0 Å². The number of benzene rings is 1. The number of hydrogen-bond donors (Lipinski definition) is 2. The van der Waals surface area contributed by atoms with Gasteiger partial charge in [0.15, 0.2) is 0 Å². The number of nitrogens with one attached hydrogen (secondary N) is 2. The second-order valence-corrected chi connectivity index (χ2v) is 5.13. The zero-order valence-electron chi connectivity index (χ0n) is 12.1. The Balaban J connectivity index is 2.17. The standard InChI is InChI=1S/C15H23ClN2O2/c1-12(15(19)18-9-3-11-20-2)17-10-8-13-4-6-14(16)7-5-13/h4-7,12,17H,3,8-11H2,1-2H3,(H,18,19). The molecule has 0 aliphatic carbocycles. The number of rotatable bonds is 9. The molecule has 0 aliphatic heterocycles. The molecule has 0 aromatic heterocycles. The molecule has 0 bridgehead atoms. The van der Waals surface area contributed by atoms with Gasteiger partial charge in [0, 0.05) is 25.3 Å². The summed E-state index contributed by atoms with van der Waals surface area (Å²) in [6.45, 7) is 3.94. The Labute approximate surface area is 125 Å². The monoisotopic (exact) mass is 298 g/mol. The molecule has 112 valence electrons. The SMILES string of the molecule is COCCCNC(=O)C(C)NCCc1ccc(Cl)cc1. The number of methoxy groups -OCH3 is 1. The molecular formula is C15H23ClN2O2. The molecule has 1 aromatic carbocycles. The quantitative estimate of drug-likeness (QED) is 0.686. The lowest BCUT2D eigenvalue weighted by Crippen LogP contribution is -2.43. The van der Waals surface area contributed by atoms with Crippen molar-refractivity contribution < 1.29 is 9.53 Å². The fraction of sp³-hybridized carbons (Fsp3) is 0.533. The van der Waals surface area contributed by atoms with E-state index in [0.29, 0.717) is 13.2 Å². The lowest BCUT2D eigenvalue weighted by Gasteiger charge is -2.14. The topological polar surface area (TPSA) is 50.4 Å². The van der Waals surface area contributed by atoms with E-state index in [0.717, 1.165) is 24.4 Å². The van der Waals surface area contributed by atoms with Crippen LogP contribution in [0.15, 0.2) is 24.3 Å². The average Bonchev–Trinajstić information content (AvgIpc) is 2.45. The number of carbonyl (C=O) groups excluding carboxylic acids is 1. The van der Waals surface area contributed by atoms with Gasteiger partial charge in [-0.05, 0) is 44.0 Å². The summed E-state index contributed by atoms with van der Waals surface area (Å²) in [6.07, 6.45) is 1.71. The van der Waals surface area contributed by atoms with E-state index in [1.807, 2.05) is 31.2 Å². The van der Waals surface area contributed by atoms with Crippen molar-refractivity contribution in [2.75, 3.05) is 26.8 Å². The third-order valence-electron chi connectivity index (χ3n) is 3.00. The highest BCUT2D eigenvalue weighted by Gasteiger charge is 2.10. The summed E-state index contributed by atoms with van der Waals surface area (Å²) in [5, 5.41) is 6.83. The fourth-order valence-corrected chi connectivity index (χ4v) is 1.88. The van der Waals surface area contributed by atoms with Crippen LogP contribution in [0.2, 0.25) is 5.02 Å². The first-order valence-corrected chi connectivity index (χ1v) is 7.25. The number of ether oxygens (including phenoxy) is 1. The van der Waals surface area contributed by atoms with Gasteiger partial charge < -0.3 is 15.4 Å². The summed E-state index contributed by atoms with van der Waals surface area (Å²) in [7, 11) is 1.66. The van der Waals surface area contributed by atoms with E-state index in [2.05, 4.69) is 10.6 Å². The van der Waals surface area contributed by atoms with E-state index in [4.69, 9.17) is 16.3 Å². The van der Waals surface area contributed by atoms with Crippen molar-refractivity contribution >= 4 is 17.5 Å². The molecule has 1 atom stereocenters. The van der Waals surface area contributed by atoms with Crippen LogP contribution in [-0.2, 0) is 16.0 Å². The first-order valence-electron chi connectivity index (χ1n) is 6.88. The molecule has 0 saturated carbocycles. The summed E-state index contributed by atoms with van der Waals surface area (Å²) in [4.78, 5) is 11.8. The molecule has 5 heteroatoms. The number of amides is 1. The van der Waals surface area contributed by atoms with Crippen molar-refractivity contribution in [2.45, 2.75) is 25.8 Å². The van der Waals surface area contributed by atoms with E-state index in [1.165, 1.54) is 5.56 Å². The molecular weight excluding hydrogens is 276 g/mol. The van der Waals surface area contributed by atoms with Crippen LogP contribution in [0.4, 0.5) is 0 Å². The molecule has 0 fully saturated rings. The minimum absolute atomic E-state index is 0.0252. The van der Waals surface area contributed by atoms with Gasteiger partial charge in [0.1, 0.15) is 0 Å². The molecule has 0 aliphatic rings. The van der Waals surface area contributed by atoms with Gasteiger partial charge in [0.25, 0.3) is 0 Å². The molecule has 4 nitrogen and oxygen atoms in total. The Kier molecular flexibility index (Phi) is 8.26. The van der Waals surface area contributed by atoms with Gasteiger partial charge in [-0.3, -0.25) is 4.79 Å². The van der Waals surface area contributed by atoms with Gasteiger partial charge in [-0.15, -0.1) is 0 Å². The van der Waals surface area contributed by atoms with E-state index in [9.17, 15) is 4.79 Å². The summed E-state index contributed by atoms with van der Waals surface area (Å²) in [6, 6.07) is 7.56. The van der Waals surface area contributed by atoms with Gasteiger partial charge in [-0.25, -0.2) is 0 Å².